The summed E-state index contributed by atoms with van der Waals surface area (Å²) in [7, 11) is 0. The fraction of sp³-hybridized carbons (Fsp3) is 0.214. The molecule has 6 heteroatoms. The third-order valence-corrected chi connectivity index (χ3v) is 4.50. The van der Waals surface area contributed by atoms with Crippen LogP contribution in [0.4, 0.5) is 0 Å². The molecule has 4 nitrogen and oxygen atoms in total. The van der Waals surface area contributed by atoms with Gasteiger partial charge in [-0.1, -0.05) is 0 Å². The van der Waals surface area contributed by atoms with Crippen molar-refractivity contribution in [3.05, 3.63) is 45.2 Å². The van der Waals surface area contributed by atoms with Crippen molar-refractivity contribution in [3.63, 3.8) is 0 Å². The molecule has 0 aliphatic rings. The normalized spacial score (nSPS) is 10.6. The summed E-state index contributed by atoms with van der Waals surface area (Å²) in [4.78, 5) is 20.0. The topological polar surface area (TPSA) is 63.1 Å². The Balaban J connectivity index is 2.47. The van der Waals surface area contributed by atoms with Crippen LogP contribution in [0.5, 0.6) is 0 Å². The first-order valence-corrected chi connectivity index (χ1v) is 7.51. The number of hydrogen-bond donors (Lipinski definition) is 1. The Hall–Kier alpha value is -1.40. The summed E-state index contributed by atoms with van der Waals surface area (Å²) < 4.78 is 0.925. The maximum Gasteiger partial charge on any atom is 0.338 e. The van der Waals surface area contributed by atoms with Crippen molar-refractivity contribution in [2.24, 2.45) is 0 Å². The molecule has 2 heterocycles. The molecule has 0 aliphatic heterocycles. The summed E-state index contributed by atoms with van der Waals surface area (Å²) in [5, 5.41) is 10.5. The summed E-state index contributed by atoms with van der Waals surface area (Å²) in [5.41, 5.74) is 2.79. The van der Waals surface area contributed by atoms with E-state index in [4.69, 9.17) is 0 Å². The molecule has 0 aromatic carbocycles. The lowest BCUT2D eigenvalue weighted by molar-refractivity contribution is 0.0691. The first-order chi connectivity index (χ1) is 9.38. The summed E-state index contributed by atoms with van der Waals surface area (Å²) in [6, 6.07) is 3.67. The van der Waals surface area contributed by atoms with Gasteiger partial charge in [0.25, 0.3) is 0 Å². The van der Waals surface area contributed by atoms with Gasteiger partial charge in [-0.3, -0.25) is 0 Å². The van der Waals surface area contributed by atoms with Gasteiger partial charge >= 0.3 is 5.97 Å². The molecule has 0 atom stereocenters. The number of pyridine rings is 2. The van der Waals surface area contributed by atoms with Gasteiger partial charge in [0.15, 0.2) is 0 Å². The van der Waals surface area contributed by atoms with Gasteiger partial charge in [-0.15, -0.1) is 0 Å². The predicted octanol–water partition coefficient (Wildman–Crippen LogP) is 4.01. The number of carboxylic acid groups (broad SMARTS) is 1. The average Bonchev–Trinajstić information content (AvgIpc) is 2.32. The molecular formula is C14H13BrN2O2S. The van der Waals surface area contributed by atoms with E-state index in [1.807, 2.05) is 19.9 Å². The first kappa shape index (κ1) is 15.0. The number of rotatable bonds is 3. The molecule has 20 heavy (non-hydrogen) atoms. The molecule has 0 fully saturated rings. The fourth-order valence-electron chi connectivity index (χ4n) is 1.80. The molecule has 0 unspecified atom stereocenters. The van der Waals surface area contributed by atoms with Gasteiger partial charge in [-0.2, -0.15) is 0 Å². The molecule has 1 N–H and O–H groups in total. The molecule has 2 aromatic heterocycles. The number of aryl methyl sites for hydroxylation is 3. The standard InChI is InChI=1S/C14H13BrN2O2S/c1-7-5-11(16-6-10(7)15)20-13-12(14(18)19)8(2)4-9(3)17-13/h4-6H,1-3H3,(H,18,19). The molecule has 2 aromatic rings. The van der Waals surface area contributed by atoms with Crippen LogP contribution in [0.3, 0.4) is 0 Å². The van der Waals surface area contributed by atoms with E-state index in [-0.39, 0.29) is 5.56 Å². The molecular weight excluding hydrogens is 340 g/mol. The lowest BCUT2D eigenvalue weighted by Crippen LogP contribution is -2.05. The Kier molecular flexibility index (Phi) is 4.45. The Bertz CT molecular complexity index is 689. The van der Waals surface area contributed by atoms with Crippen molar-refractivity contribution >= 4 is 33.7 Å². The highest BCUT2D eigenvalue weighted by molar-refractivity contribution is 9.10. The quantitative estimate of drug-likeness (QED) is 0.903. The SMILES string of the molecule is Cc1cc(C)c(C(=O)O)c(Sc2cc(C)c(Br)cn2)n1. The molecule has 104 valence electrons. The minimum absolute atomic E-state index is 0.239. The zero-order valence-electron chi connectivity index (χ0n) is 11.3. The summed E-state index contributed by atoms with van der Waals surface area (Å²) in [6.45, 7) is 5.59. The van der Waals surface area contributed by atoms with Crippen LogP contribution in [0.1, 0.15) is 27.2 Å². The number of aromatic carboxylic acids is 1. The Morgan fingerprint density at radius 1 is 1.25 bits per heavy atom. The number of carboxylic acids is 1. The van der Waals surface area contributed by atoms with Crippen molar-refractivity contribution in [3.8, 4) is 0 Å². The van der Waals surface area contributed by atoms with Crippen LogP contribution in [0.15, 0.2) is 32.9 Å². The number of carbonyl (C=O) groups is 1. The number of hydrogen-bond acceptors (Lipinski definition) is 4. The monoisotopic (exact) mass is 352 g/mol. The van der Waals surface area contributed by atoms with E-state index in [9.17, 15) is 9.90 Å². The summed E-state index contributed by atoms with van der Waals surface area (Å²) in [6.07, 6.45) is 1.71. The zero-order valence-corrected chi connectivity index (χ0v) is 13.7. The van der Waals surface area contributed by atoms with Crippen LogP contribution < -0.4 is 0 Å². The van der Waals surface area contributed by atoms with Gasteiger partial charge in [0.05, 0.1) is 5.56 Å². The number of aromatic nitrogens is 2. The van der Waals surface area contributed by atoms with Gasteiger partial charge < -0.3 is 5.11 Å². The van der Waals surface area contributed by atoms with Crippen LogP contribution in [0.25, 0.3) is 0 Å². The van der Waals surface area contributed by atoms with Crippen LogP contribution in [-0.2, 0) is 0 Å². The highest BCUT2D eigenvalue weighted by atomic mass is 79.9. The smallest absolute Gasteiger partial charge is 0.338 e. The van der Waals surface area contributed by atoms with E-state index in [1.165, 1.54) is 11.8 Å². The van der Waals surface area contributed by atoms with Crippen LogP contribution in [0, 0.1) is 20.8 Å². The second-order valence-corrected chi connectivity index (χ2v) is 6.30. The summed E-state index contributed by atoms with van der Waals surface area (Å²) in [5.74, 6) is -0.966. The molecule has 0 bridgehead atoms. The van der Waals surface area contributed by atoms with Crippen molar-refractivity contribution in [1.82, 2.24) is 9.97 Å². The maximum absolute atomic E-state index is 11.4. The Morgan fingerprint density at radius 3 is 2.55 bits per heavy atom. The first-order valence-electron chi connectivity index (χ1n) is 5.90. The zero-order chi connectivity index (χ0) is 14.9. The Labute approximate surface area is 129 Å². The van der Waals surface area contributed by atoms with Crippen molar-refractivity contribution < 1.29 is 9.90 Å². The second kappa shape index (κ2) is 5.93. The van der Waals surface area contributed by atoms with E-state index in [1.54, 1.807) is 19.2 Å². The van der Waals surface area contributed by atoms with E-state index in [0.29, 0.717) is 10.6 Å². The molecule has 0 radical (unpaired) electrons. The minimum Gasteiger partial charge on any atom is -0.478 e. The number of halogens is 1. The molecule has 0 aliphatic carbocycles. The van der Waals surface area contributed by atoms with Crippen LogP contribution >= 0.6 is 27.7 Å². The molecule has 2 rings (SSSR count). The molecule has 0 amide bonds. The highest BCUT2D eigenvalue weighted by Gasteiger charge is 2.17. The lowest BCUT2D eigenvalue weighted by atomic mass is 10.1. The van der Waals surface area contributed by atoms with E-state index in [2.05, 4.69) is 25.9 Å². The summed E-state index contributed by atoms with van der Waals surface area (Å²) >= 11 is 4.66. The van der Waals surface area contributed by atoms with E-state index >= 15 is 0 Å². The maximum atomic E-state index is 11.4. The number of nitrogens with zero attached hydrogens (tertiary/aromatic N) is 2. The van der Waals surface area contributed by atoms with Crippen molar-refractivity contribution in [1.29, 1.82) is 0 Å². The van der Waals surface area contributed by atoms with Gasteiger partial charge in [0.2, 0.25) is 0 Å². The van der Waals surface area contributed by atoms with Crippen LogP contribution in [0.2, 0.25) is 0 Å². The molecule has 0 saturated carbocycles. The second-order valence-electron chi connectivity index (χ2n) is 4.44. The van der Waals surface area contributed by atoms with Gasteiger partial charge in [-0.05, 0) is 71.7 Å². The van der Waals surface area contributed by atoms with E-state index < -0.39 is 5.97 Å². The molecule has 0 spiro atoms. The molecule has 0 saturated heterocycles. The lowest BCUT2D eigenvalue weighted by Gasteiger charge is -2.09. The minimum atomic E-state index is -0.966. The van der Waals surface area contributed by atoms with E-state index in [0.717, 1.165) is 20.8 Å². The largest absolute Gasteiger partial charge is 0.478 e. The van der Waals surface area contributed by atoms with Gasteiger partial charge in [0, 0.05) is 16.4 Å². The van der Waals surface area contributed by atoms with Gasteiger partial charge in [-0.25, -0.2) is 14.8 Å². The third-order valence-electron chi connectivity index (χ3n) is 2.75. The fourth-order valence-corrected chi connectivity index (χ4v) is 3.10. The highest BCUT2D eigenvalue weighted by Crippen LogP contribution is 2.31. The third kappa shape index (κ3) is 3.19. The van der Waals surface area contributed by atoms with Crippen molar-refractivity contribution in [2.75, 3.05) is 0 Å². The van der Waals surface area contributed by atoms with Crippen molar-refractivity contribution in [2.45, 2.75) is 30.8 Å². The Morgan fingerprint density at radius 2 is 1.95 bits per heavy atom. The predicted molar refractivity (Wildman–Crippen MR) is 81.5 cm³/mol. The average molecular weight is 353 g/mol. The van der Waals surface area contributed by atoms with Crippen LogP contribution in [-0.4, -0.2) is 21.0 Å². The van der Waals surface area contributed by atoms with Gasteiger partial charge in [0.1, 0.15) is 10.1 Å².